The molecule has 0 aromatic heterocycles. The van der Waals surface area contributed by atoms with E-state index in [0.29, 0.717) is 25.6 Å². The van der Waals surface area contributed by atoms with Gasteiger partial charge in [0.25, 0.3) is 0 Å². The van der Waals surface area contributed by atoms with Crippen molar-refractivity contribution < 1.29 is 14.3 Å². The van der Waals surface area contributed by atoms with Gasteiger partial charge in [0.15, 0.2) is 0 Å². The fraction of sp³-hybridized carbons (Fsp3) is 0.857. The molecule has 1 rings (SSSR count). The number of carbonyl (C=O) groups is 2. The lowest BCUT2D eigenvalue weighted by atomic mass is 10.2. The minimum atomic E-state index is -0.484. The first-order valence-corrected chi connectivity index (χ1v) is 7.26. The third-order valence-corrected chi connectivity index (χ3v) is 2.74. The van der Waals surface area contributed by atoms with E-state index in [9.17, 15) is 9.59 Å². The molecule has 0 aromatic carbocycles. The summed E-state index contributed by atoms with van der Waals surface area (Å²) in [5.74, 6) is 0.0901. The van der Waals surface area contributed by atoms with E-state index in [4.69, 9.17) is 4.74 Å². The van der Waals surface area contributed by atoms with Crippen molar-refractivity contribution in [1.82, 2.24) is 16.0 Å². The van der Waals surface area contributed by atoms with Gasteiger partial charge < -0.3 is 20.7 Å². The smallest absolute Gasteiger partial charge is 0.407 e. The standard InChI is InChI=1S/C14H27N3O3/c1-10(9-16-13(19)20-14(2,3)4)15-8-7-12(18)17-11-5-6-11/h10-11,15H,5-9H2,1-4H3,(H,16,19)(H,17,18). The van der Waals surface area contributed by atoms with Gasteiger partial charge in [-0.3, -0.25) is 4.79 Å². The molecule has 0 aromatic rings. The fourth-order valence-corrected chi connectivity index (χ4v) is 1.58. The van der Waals surface area contributed by atoms with E-state index >= 15 is 0 Å². The number of carbonyl (C=O) groups excluding carboxylic acids is 2. The molecular weight excluding hydrogens is 258 g/mol. The van der Waals surface area contributed by atoms with Crippen molar-refractivity contribution in [3.05, 3.63) is 0 Å². The molecule has 20 heavy (non-hydrogen) atoms. The van der Waals surface area contributed by atoms with Gasteiger partial charge in [-0.25, -0.2) is 4.79 Å². The van der Waals surface area contributed by atoms with E-state index in [2.05, 4.69) is 16.0 Å². The second-order valence-electron chi connectivity index (χ2n) is 6.33. The van der Waals surface area contributed by atoms with E-state index in [0.717, 1.165) is 12.8 Å². The van der Waals surface area contributed by atoms with E-state index in [-0.39, 0.29) is 11.9 Å². The molecule has 2 amide bonds. The Morgan fingerprint density at radius 3 is 2.50 bits per heavy atom. The van der Waals surface area contributed by atoms with Crippen molar-refractivity contribution in [3.8, 4) is 0 Å². The minimum Gasteiger partial charge on any atom is -0.444 e. The Morgan fingerprint density at radius 1 is 1.30 bits per heavy atom. The molecule has 1 atom stereocenters. The van der Waals surface area contributed by atoms with Crippen LogP contribution < -0.4 is 16.0 Å². The van der Waals surface area contributed by atoms with Crippen LogP contribution in [0.15, 0.2) is 0 Å². The molecule has 6 nitrogen and oxygen atoms in total. The van der Waals surface area contributed by atoms with E-state index < -0.39 is 11.7 Å². The molecule has 0 aliphatic heterocycles. The molecule has 1 aliphatic rings. The zero-order chi connectivity index (χ0) is 15.2. The Balaban J connectivity index is 2.03. The summed E-state index contributed by atoms with van der Waals surface area (Å²) in [7, 11) is 0. The van der Waals surface area contributed by atoms with Gasteiger partial charge in [0.2, 0.25) is 5.91 Å². The number of amides is 2. The van der Waals surface area contributed by atoms with Crippen molar-refractivity contribution in [2.75, 3.05) is 13.1 Å². The van der Waals surface area contributed by atoms with Gasteiger partial charge in [0.1, 0.15) is 5.60 Å². The van der Waals surface area contributed by atoms with Gasteiger partial charge in [-0.2, -0.15) is 0 Å². The van der Waals surface area contributed by atoms with Gasteiger partial charge in [0.05, 0.1) is 0 Å². The summed E-state index contributed by atoms with van der Waals surface area (Å²) < 4.78 is 5.14. The highest BCUT2D eigenvalue weighted by atomic mass is 16.6. The first kappa shape index (κ1) is 16.8. The Morgan fingerprint density at radius 2 is 1.95 bits per heavy atom. The molecule has 116 valence electrons. The highest BCUT2D eigenvalue weighted by Crippen LogP contribution is 2.18. The van der Waals surface area contributed by atoms with Crippen LogP contribution in [0.5, 0.6) is 0 Å². The van der Waals surface area contributed by atoms with Crippen molar-refractivity contribution >= 4 is 12.0 Å². The van der Waals surface area contributed by atoms with Crippen LogP contribution in [0.2, 0.25) is 0 Å². The number of ether oxygens (including phenoxy) is 1. The van der Waals surface area contributed by atoms with Crippen LogP contribution in [0.25, 0.3) is 0 Å². The molecule has 1 fully saturated rings. The summed E-state index contributed by atoms with van der Waals surface area (Å²) in [4.78, 5) is 22.9. The predicted molar refractivity (Wildman–Crippen MR) is 77.5 cm³/mol. The molecule has 0 saturated heterocycles. The lowest BCUT2D eigenvalue weighted by Gasteiger charge is -2.21. The second-order valence-corrected chi connectivity index (χ2v) is 6.33. The quantitative estimate of drug-likeness (QED) is 0.656. The van der Waals surface area contributed by atoms with Crippen LogP contribution in [0.3, 0.4) is 0 Å². The predicted octanol–water partition coefficient (Wildman–Crippen LogP) is 1.16. The van der Waals surface area contributed by atoms with E-state index in [1.807, 2.05) is 27.7 Å². The van der Waals surface area contributed by atoms with Gasteiger partial charge in [-0.1, -0.05) is 0 Å². The molecule has 6 heteroatoms. The van der Waals surface area contributed by atoms with Crippen LogP contribution >= 0.6 is 0 Å². The summed E-state index contributed by atoms with van der Waals surface area (Å²) in [6, 6.07) is 0.505. The molecule has 3 N–H and O–H groups in total. The summed E-state index contributed by atoms with van der Waals surface area (Å²) in [6.45, 7) is 8.51. The number of alkyl carbamates (subject to hydrolysis) is 1. The third kappa shape index (κ3) is 8.74. The van der Waals surface area contributed by atoms with Gasteiger partial charge in [-0.05, 0) is 40.5 Å². The Kier molecular flexibility index (Phi) is 6.26. The van der Waals surface area contributed by atoms with Gasteiger partial charge in [-0.15, -0.1) is 0 Å². The lowest BCUT2D eigenvalue weighted by Crippen LogP contribution is -2.42. The van der Waals surface area contributed by atoms with Crippen LogP contribution in [0.1, 0.15) is 47.0 Å². The van der Waals surface area contributed by atoms with Crippen molar-refractivity contribution in [1.29, 1.82) is 0 Å². The molecule has 1 unspecified atom stereocenters. The molecule has 1 aliphatic carbocycles. The first-order chi connectivity index (χ1) is 9.26. The summed E-state index contributed by atoms with van der Waals surface area (Å²) in [5.41, 5.74) is -0.484. The number of rotatable bonds is 7. The third-order valence-electron chi connectivity index (χ3n) is 2.74. The number of hydrogen-bond donors (Lipinski definition) is 3. The average molecular weight is 285 g/mol. The Hall–Kier alpha value is -1.30. The maximum atomic E-state index is 11.5. The topological polar surface area (TPSA) is 79.5 Å². The maximum absolute atomic E-state index is 11.5. The first-order valence-electron chi connectivity index (χ1n) is 7.26. The summed E-state index contributed by atoms with van der Waals surface area (Å²) >= 11 is 0. The molecule has 0 heterocycles. The monoisotopic (exact) mass is 285 g/mol. The minimum absolute atomic E-state index is 0.0901. The number of nitrogens with one attached hydrogen (secondary N) is 3. The lowest BCUT2D eigenvalue weighted by molar-refractivity contribution is -0.121. The van der Waals surface area contributed by atoms with Crippen LogP contribution in [-0.2, 0) is 9.53 Å². The Bertz CT molecular complexity index is 335. The summed E-state index contributed by atoms with van der Waals surface area (Å²) in [5, 5.41) is 8.82. The van der Waals surface area contributed by atoms with Crippen molar-refractivity contribution in [3.63, 3.8) is 0 Å². The zero-order valence-electron chi connectivity index (χ0n) is 12.9. The van der Waals surface area contributed by atoms with Crippen LogP contribution in [0.4, 0.5) is 4.79 Å². The van der Waals surface area contributed by atoms with Crippen LogP contribution in [-0.4, -0.2) is 42.8 Å². The SMILES string of the molecule is CC(CNC(=O)OC(C)(C)C)NCCC(=O)NC1CC1. The highest BCUT2D eigenvalue weighted by molar-refractivity contribution is 5.76. The molecule has 0 spiro atoms. The largest absolute Gasteiger partial charge is 0.444 e. The van der Waals surface area contributed by atoms with Gasteiger partial charge >= 0.3 is 6.09 Å². The second kappa shape index (κ2) is 7.47. The maximum Gasteiger partial charge on any atom is 0.407 e. The zero-order valence-corrected chi connectivity index (χ0v) is 12.9. The summed E-state index contributed by atoms with van der Waals surface area (Å²) in [6.07, 6.45) is 2.26. The van der Waals surface area contributed by atoms with E-state index in [1.165, 1.54) is 0 Å². The number of hydrogen-bond acceptors (Lipinski definition) is 4. The average Bonchev–Trinajstić information content (AvgIpc) is 3.08. The molecular formula is C14H27N3O3. The Labute approximate surface area is 121 Å². The fourth-order valence-electron chi connectivity index (χ4n) is 1.58. The van der Waals surface area contributed by atoms with Crippen LogP contribution in [0, 0.1) is 0 Å². The molecule has 0 radical (unpaired) electrons. The molecule has 0 bridgehead atoms. The van der Waals surface area contributed by atoms with E-state index in [1.54, 1.807) is 0 Å². The van der Waals surface area contributed by atoms with Crippen molar-refractivity contribution in [2.24, 2.45) is 0 Å². The normalized spacial score (nSPS) is 16.4. The molecule has 1 saturated carbocycles. The van der Waals surface area contributed by atoms with Crippen molar-refractivity contribution in [2.45, 2.75) is 64.6 Å². The van der Waals surface area contributed by atoms with Gasteiger partial charge in [0, 0.05) is 31.6 Å². The highest BCUT2D eigenvalue weighted by Gasteiger charge is 2.22.